The number of para-hydroxylation sites is 2. The fraction of sp³-hybridized carbons (Fsp3) is 0.400. The van der Waals surface area contributed by atoms with Gasteiger partial charge in [0.15, 0.2) is 5.82 Å². The molecule has 0 saturated carbocycles. The first-order chi connectivity index (χ1) is 10.8. The second kappa shape index (κ2) is 6.83. The number of hydrogen-bond acceptors (Lipinski definition) is 6. The van der Waals surface area contributed by atoms with Gasteiger partial charge in [-0.2, -0.15) is 0 Å². The highest BCUT2D eigenvalue weighted by Crippen LogP contribution is 2.24. The first-order valence-electron chi connectivity index (χ1n) is 7.39. The summed E-state index contributed by atoms with van der Waals surface area (Å²) in [5, 5.41) is 12.9. The van der Waals surface area contributed by atoms with Gasteiger partial charge in [0.1, 0.15) is 5.03 Å². The van der Waals surface area contributed by atoms with Crippen LogP contribution in [0.2, 0.25) is 0 Å². The first-order valence-corrected chi connectivity index (χ1v) is 8.37. The molecule has 0 unspecified atom stereocenters. The highest BCUT2D eigenvalue weighted by atomic mass is 32.2. The smallest absolute Gasteiger partial charge is 0.161 e. The third-order valence-electron chi connectivity index (χ3n) is 3.37. The Kier molecular flexibility index (Phi) is 4.62. The molecule has 0 amide bonds. The van der Waals surface area contributed by atoms with E-state index in [-0.39, 0.29) is 0 Å². The summed E-state index contributed by atoms with van der Waals surface area (Å²) in [5.74, 6) is 1.58. The van der Waals surface area contributed by atoms with Crippen LogP contribution in [0.3, 0.4) is 0 Å². The zero-order valence-corrected chi connectivity index (χ0v) is 13.5. The summed E-state index contributed by atoms with van der Waals surface area (Å²) in [6.45, 7) is 5.01. The van der Waals surface area contributed by atoms with Crippen molar-refractivity contribution in [3.8, 4) is 0 Å². The lowest BCUT2D eigenvalue weighted by atomic mass is 10.3. The summed E-state index contributed by atoms with van der Waals surface area (Å²) in [7, 11) is 0. The number of rotatable bonds is 6. The number of benzene rings is 1. The Hall–Kier alpha value is -2.02. The van der Waals surface area contributed by atoms with Gasteiger partial charge in [0, 0.05) is 6.54 Å². The van der Waals surface area contributed by atoms with E-state index in [4.69, 9.17) is 0 Å². The minimum atomic E-state index is 0.699. The minimum Gasteiger partial charge on any atom is -0.249 e. The molecule has 3 aromatic rings. The van der Waals surface area contributed by atoms with E-state index in [1.807, 2.05) is 35.9 Å². The summed E-state index contributed by atoms with van der Waals surface area (Å²) in [6, 6.07) is 7.92. The second-order valence-electron chi connectivity index (χ2n) is 5.06. The molecule has 0 saturated heterocycles. The van der Waals surface area contributed by atoms with E-state index < -0.39 is 0 Å². The van der Waals surface area contributed by atoms with Crippen molar-refractivity contribution in [3.63, 3.8) is 0 Å². The molecule has 0 radical (unpaired) electrons. The molecule has 0 aliphatic carbocycles. The van der Waals surface area contributed by atoms with Gasteiger partial charge in [-0.3, -0.25) is 0 Å². The predicted octanol–water partition coefficient (Wildman–Crippen LogP) is 3.02. The van der Waals surface area contributed by atoms with Gasteiger partial charge in [-0.25, -0.2) is 14.6 Å². The summed E-state index contributed by atoms with van der Waals surface area (Å²) < 4.78 is 1.88. The summed E-state index contributed by atoms with van der Waals surface area (Å²) in [5.41, 5.74) is 2.79. The number of aryl methyl sites for hydroxylation is 2. The molecule has 0 bridgehead atoms. The fourth-order valence-electron chi connectivity index (χ4n) is 2.15. The van der Waals surface area contributed by atoms with Gasteiger partial charge < -0.3 is 0 Å². The molecule has 0 N–H and O–H groups in total. The van der Waals surface area contributed by atoms with E-state index >= 15 is 0 Å². The van der Waals surface area contributed by atoms with Gasteiger partial charge in [0.2, 0.25) is 0 Å². The van der Waals surface area contributed by atoms with E-state index in [2.05, 4.69) is 32.4 Å². The van der Waals surface area contributed by atoms with E-state index in [9.17, 15) is 0 Å². The Labute approximate surface area is 133 Å². The maximum absolute atomic E-state index is 4.69. The molecular weight excluding hydrogens is 296 g/mol. The van der Waals surface area contributed by atoms with Crippen LogP contribution in [0, 0.1) is 6.92 Å². The number of tetrazole rings is 1. The highest BCUT2D eigenvalue weighted by Gasteiger charge is 2.10. The summed E-state index contributed by atoms with van der Waals surface area (Å²) in [4.78, 5) is 9.29. The van der Waals surface area contributed by atoms with E-state index in [1.54, 1.807) is 11.8 Å². The Balaban J connectivity index is 1.76. The lowest BCUT2D eigenvalue weighted by Crippen LogP contribution is -2.05. The van der Waals surface area contributed by atoms with Gasteiger partial charge in [0.25, 0.3) is 0 Å². The maximum atomic E-state index is 4.69. The molecule has 0 aliphatic heterocycles. The van der Waals surface area contributed by atoms with Crippen LogP contribution >= 0.6 is 11.8 Å². The van der Waals surface area contributed by atoms with Gasteiger partial charge in [-0.05, 0) is 35.9 Å². The van der Waals surface area contributed by atoms with Crippen LogP contribution < -0.4 is 0 Å². The zero-order chi connectivity index (χ0) is 15.4. The van der Waals surface area contributed by atoms with E-state index in [0.29, 0.717) is 5.75 Å². The van der Waals surface area contributed by atoms with Crippen LogP contribution in [0.25, 0.3) is 11.0 Å². The van der Waals surface area contributed by atoms with Crippen molar-refractivity contribution < 1.29 is 0 Å². The number of unbranched alkanes of at least 4 members (excludes halogenated alkanes) is 1. The van der Waals surface area contributed by atoms with Gasteiger partial charge in [0.05, 0.1) is 22.5 Å². The third kappa shape index (κ3) is 3.24. The first kappa shape index (κ1) is 14.9. The molecule has 3 rings (SSSR count). The molecule has 0 spiro atoms. The van der Waals surface area contributed by atoms with E-state index in [1.165, 1.54) is 0 Å². The molecule has 0 fully saturated rings. The van der Waals surface area contributed by atoms with Crippen molar-refractivity contribution in [3.05, 3.63) is 35.8 Å². The lowest BCUT2D eigenvalue weighted by Gasteiger charge is -2.06. The normalized spacial score (nSPS) is 11.2. The standard InChI is InChI=1S/C15H18N6S/c1-3-4-9-21-14(18-19-20-21)10-22-15-11(2)16-12-7-5-6-8-13(12)17-15/h5-8H,3-4,9-10H2,1-2H3. The van der Waals surface area contributed by atoms with Crippen LogP contribution in [0.5, 0.6) is 0 Å². The molecule has 1 aromatic carbocycles. The average Bonchev–Trinajstić information content (AvgIpc) is 2.98. The Bertz CT molecular complexity index is 770. The fourth-order valence-corrected chi connectivity index (χ4v) is 3.04. The van der Waals surface area contributed by atoms with Gasteiger partial charge >= 0.3 is 0 Å². The zero-order valence-electron chi connectivity index (χ0n) is 12.7. The van der Waals surface area contributed by atoms with Crippen molar-refractivity contribution in [2.24, 2.45) is 0 Å². The van der Waals surface area contributed by atoms with Crippen LogP contribution in [0.1, 0.15) is 31.3 Å². The molecule has 0 aliphatic rings. The molecule has 0 atom stereocenters. The second-order valence-corrected chi connectivity index (χ2v) is 6.03. The van der Waals surface area contributed by atoms with Crippen molar-refractivity contribution >= 4 is 22.8 Å². The predicted molar refractivity (Wildman–Crippen MR) is 86.6 cm³/mol. The number of thioether (sulfide) groups is 1. The Morgan fingerprint density at radius 3 is 2.68 bits per heavy atom. The van der Waals surface area contributed by atoms with Crippen LogP contribution in [0.15, 0.2) is 29.3 Å². The molecule has 6 nitrogen and oxygen atoms in total. The summed E-state index contributed by atoms with van der Waals surface area (Å²) >= 11 is 1.63. The number of hydrogen-bond donors (Lipinski definition) is 0. The molecule has 22 heavy (non-hydrogen) atoms. The molecule has 7 heteroatoms. The molecular formula is C15H18N6S. The number of nitrogens with zero attached hydrogens (tertiary/aromatic N) is 6. The highest BCUT2D eigenvalue weighted by molar-refractivity contribution is 7.98. The third-order valence-corrected chi connectivity index (χ3v) is 4.43. The van der Waals surface area contributed by atoms with Crippen molar-refractivity contribution in [1.29, 1.82) is 0 Å². The van der Waals surface area contributed by atoms with Crippen molar-refractivity contribution in [1.82, 2.24) is 30.2 Å². The lowest BCUT2D eigenvalue weighted by molar-refractivity contribution is 0.540. The summed E-state index contributed by atoms with van der Waals surface area (Å²) in [6.07, 6.45) is 2.21. The Morgan fingerprint density at radius 2 is 1.91 bits per heavy atom. The molecule has 2 aromatic heterocycles. The molecule has 114 valence electrons. The van der Waals surface area contributed by atoms with Crippen LogP contribution in [-0.2, 0) is 12.3 Å². The average molecular weight is 314 g/mol. The SMILES string of the molecule is CCCCn1nnnc1CSc1nc2ccccc2nc1C. The van der Waals surface area contributed by atoms with Crippen molar-refractivity contribution in [2.75, 3.05) is 0 Å². The topological polar surface area (TPSA) is 69.4 Å². The quantitative estimate of drug-likeness (QED) is 0.651. The van der Waals surface area contributed by atoms with Crippen molar-refractivity contribution in [2.45, 2.75) is 44.0 Å². The minimum absolute atomic E-state index is 0.699. The van der Waals surface area contributed by atoms with E-state index in [0.717, 1.165) is 47.0 Å². The number of aromatic nitrogens is 6. The number of fused-ring (bicyclic) bond motifs is 1. The maximum Gasteiger partial charge on any atom is 0.161 e. The van der Waals surface area contributed by atoms with Crippen LogP contribution in [-0.4, -0.2) is 30.2 Å². The monoisotopic (exact) mass is 314 g/mol. The Morgan fingerprint density at radius 1 is 1.14 bits per heavy atom. The van der Waals surface area contributed by atoms with Gasteiger partial charge in [-0.15, -0.1) is 5.10 Å². The van der Waals surface area contributed by atoms with Crippen LogP contribution in [0.4, 0.5) is 0 Å². The largest absolute Gasteiger partial charge is 0.249 e. The van der Waals surface area contributed by atoms with Gasteiger partial charge in [-0.1, -0.05) is 37.2 Å². The molecule has 2 heterocycles.